The Bertz CT molecular complexity index is 454. The van der Waals surface area contributed by atoms with E-state index in [2.05, 4.69) is 12.2 Å². The maximum absolute atomic E-state index is 13.7. The summed E-state index contributed by atoms with van der Waals surface area (Å²) in [5.41, 5.74) is 0.918. The van der Waals surface area contributed by atoms with Gasteiger partial charge in [0.25, 0.3) is 0 Å². The molecule has 0 spiro atoms. The molecule has 4 heteroatoms. The largest absolute Gasteiger partial charge is 0.494 e. The third-order valence-corrected chi connectivity index (χ3v) is 4.74. The van der Waals surface area contributed by atoms with Crippen LogP contribution in [-0.2, 0) is 6.54 Å². The second-order valence-electron chi connectivity index (χ2n) is 5.94. The number of halogens is 2. The van der Waals surface area contributed by atoms with Gasteiger partial charge in [0.1, 0.15) is 0 Å². The van der Waals surface area contributed by atoms with Crippen LogP contribution >= 0.6 is 11.6 Å². The molecular formula is C16H23ClFNO. The summed E-state index contributed by atoms with van der Waals surface area (Å²) in [6, 6.07) is 5.09. The fourth-order valence-electron chi connectivity index (χ4n) is 3.10. The second kappa shape index (κ2) is 6.77. The van der Waals surface area contributed by atoms with E-state index in [1.165, 1.54) is 26.0 Å². The van der Waals surface area contributed by atoms with Gasteiger partial charge in [-0.25, -0.2) is 4.39 Å². The number of rotatable bonds is 5. The Morgan fingerprint density at radius 3 is 2.90 bits per heavy atom. The van der Waals surface area contributed by atoms with Crippen LogP contribution < -0.4 is 10.1 Å². The van der Waals surface area contributed by atoms with Crippen LogP contribution in [0.2, 0.25) is 0 Å². The molecule has 1 N–H and O–H groups in total. The van der Waals surface area contributed by atoms with E-state index in [1.54, 1.807) is 6.07 Å². The third-order valence-electron chi connectivity index (χ3n) is 4.23. The number of alkyl halides is 1. The first-order chi connectivity index (χ1) is 9.58. The molecule has 1 aliphatic rings. The molecule has 1 aromatic rings. The van der Waals surface area contributed by atoms with E-state index < -0.39 is 0 Å². The van der Waals surface area contributed by atoms with Gasteiger partial charge in [-0.1, -0.05) is 25.8 Å². The summed E-state index contributed by atoms with van der Waals surface area (Å²) in [6.07, 6.45) is 4.67. The van der Waals surface area contributed by atoms with E-state index in [0.29, 0.717) is 18.3 Å². The number of hydrogen-bond acceptors (Lipinski definition) is 2. The lowest BCUT2D eigenvalue weighted by atomic mass is 9.77. The molecule has 0 radical (unpaired) electrons. The Balaban J connectivity index is 2.01. The summed E-state index contributed by atoms with van der Waals surface area (Å²) in [5.74, 6) is 1.27. The molecule has 0 aliphatic heterocycles. The first kappa shape index (κ1) is 15.6. The number of methoxy groups -OCH3 is 1. The molecule has 0 aromatic heterocycles. The monoisotopic (exact) mass is 299 g/mol. The number of nitrogens with one attached hydrogen (secondary N) is 1. The van der Waals surface area contributed by atoms with Gasteiger partial charge in [0, 0.05) is 18.0 Å². The van der Waals surface area contributed by atoms with E-state index in [4.69, 9.17) is 16.3 Å². The first-order valence-electron chi connectivity index (χ1n) is 7.22. The van der Waals surface area contributed by atoms with E-state index >= 15 is 0 Å². The van der Waals surface area contributed by atoms with E-state index in [0.717, 1.165) is 18.4 Å². The fraction of sp³-hybridized carbons (Fsp3) is 0.625. The maximum atomic E-state index is 13.7. The molecule has 112 valence electrons. The van der Waals surface area contributed by atoms with Crippen molar-refractivity contribution in [3.05, 3.63) is 29.6 Å². The van der Waals surface area contributed by atoms with Gasteiger partial charge in [-0.15, -0.1) is 11.6 Å². The van der Waals surface area contributed by atoms with Crippen molar-refractivity contribution in [3.8, 4) is 5.75 Å². The van der Waals surface area contributed by atoms with Crippen LogP contribution in [0.3, 0.4) is 0 Å². The lowest BCUT2D eigenvalue weighted by Crippen LogP contribution is -2.49. The van der Waals surface area contributed by atoms with E-state index in [1.807, 2.05) is 6.07 Å². The average Bonchev–Trinajstić information content (AvgIpc) is 2.45. The topological polar surface area (TPSA) is 21.3 Å². The van der Waals surface area contributed by atoms with Crippen LogP contribution in [0.1, 0.15) is 38.2 Å². The molecule has 2 unspecified atom stereocenters. The molecule has 2 atom stereocenters. The quantitative estimate of drug-likeness (QED) is 0.826. The van der Waals surface area contributed by atoms with Gasteiger partial charge in [0.15, 0.2) is 11.6 Å². The zero-order chi connectivity index (χ0) is 14.6. The Hall–Kier alpha value is -0.800. The minimum atomic E-state index is -0.316. The summed E-state index contributed by atoms with van der Waals surface area (Å²) in [6.45, 7) is 2.91. The molecule has 0 heterocycles. The van der Waals surface area contributed by atoms with Crippen molar-refractivity contribution in [1.82, 2.24) is 5.32 Å². The summed E-state index contributed by atoms with van der Waals surface area (Å²) in [5, 5.41) is 3.56. The SMILES string of the molecule is COc1ccc(CNC2(CCl)CCCC(C)C2)cc1F. The van der Waals surface area contributed by atoms with Crippen molar-refractivity contribution >= 4 is 11.6 Å². The third kappa shape index (κ3) is 3.64. The van der Waals surface area contributed by atoms with Gasteiger partial charge in [-0.05, 0) is 36.5 Å². The van der Waals surface area contributed by atoms with Gasteiger partial charge in [-0.2, -0.15) is 0 Å². The molecule has 1 aromatic carbocycles. The summed E-state index contributed by atoms with van der Waals surface area (Å²) in [7, 11) is 1.47. The molecule has 20 heavy (non-hydrogen) atoms. The zero-order valence-corrected chi connectivity index (χ0v) is 13.0. The minimum Gasteiger partial charge on any atom is -0.494 e. The minimum absolute atomic E-state index is 0.00434. The van der Waals surface area contributed by atoms with E-state index in [-0.39, 0.29) is 17.1 Å². The first-order valence-corrected chi connectivity index (χ1v) is 7.75. The smallest absolute Gasteiger partial charge is 0.165 e. The van der Waals surface area contributed by atoms with Gasteiger partial charge in [-0.3, -0.25) is 0 Å². The highest BCUT2D eigenvalue weighted by Crippen LogP contribution is 2.33. The van der Waals surface area contributed by atoms with Crippen molar-refractivity contribution in [2.24, 2.45) is 5.92 Å². The average molecular weight is 300 g/mol. The van der Waals surface area contributed by atoms with Crippen LogP contribution in [0.5, 0.6) is 5.75 Å². The summed E-state index contributed by atoms with van der Waals surface area (Å²) < 4.78 is 18.6. The summed E-state index contributed by atoms with van der Waals surface area (Å²) in [4.78, 5) is 0. The maximum Gasteiger partial charge on any atom is 0.165 e. The predicted molar refractivity (Wildman–Crippen MR) is 80.9 cm³/mol. The standard InChI is InChI=1S/C16H23ClFNO/c1-12-4-3-7-16(9-12,11-17)19-10-13-5-6-15(20-2)14(18)8-13/h5-6,8,12,19H,3-4,7,9-11H2,1-2H3. The van der Waals surface area contributed by atoms with Crippen LogP contribution in [0.4, 0.5) is 4.39 Å². The van der Waals surface area contributed by atoms with Crippen molar-refractivity contribution in [3.63, 3.8) is 0 Å². The molecule has 2 rings (SSSR count). The lowest BCUT2D eigenvalue weighted by molar-refractivity contribution is 0.207. The molecule has 1 saturated carbocycles. The van der Waals surface area contributed by atoms with Crippen molar-refractivity contribution in [1.29, 1.82) is 0 Å². The highest BCUT2D eigenvalue weighted by atomic mass is 35.5. The number of hydrogen-bond donors (Lipinski definition) is 1. The van der Waals surface area contributed by atoms with Gasteiger partial charge in [0.05, 0.1) is 7.11 Å². The lowest BCUT2D eigenvalue weighted by Gasteiger charge is -2.39. The normalized spacial score (nSPS) is 26.5. The van der Waals surface area contributed by atoms with Crippen LogP contribution in [0.15, 0.2) is 18.2 Å². The highest BCUT2D eigenvalue weighted by molar-refractivity contribution is 6.18. The molecular weight excluding hydrogens is 277 g/mol. The zero-order valence-electron chi connectivity index (χ0n) is 12.2. The predicted octanol–water partition coefficient (Wildman–Crippen LogP) is 4.11. The Morgan fingerprint density at radius 2 is 2.30 bits per heavy atom. The number of benzene rings is 1. The molecule has 0 amide bonds. The second-order valence-corrected chi connectivity index (χ2v) is 6.21. The molecule has 2 nitrogen and oxygen atoms in total. The van der Waals surface area contributed by atoms with Crippen LogP contribution in [0.25, 0.3) is 0 Å². The van der Waals surface area contributed by atoms with Crippen molar-refractivity contribution < 1.29 is 9.13 Å². The van der Waals surface area contributed by atoms with Crippen molar-refractivity contribution in [2.45, 2.75) is 44.7 Å². The Labute approximate surface area is 125 Å². The molecule has 0 bridgehead atoms. The van der Waals surface area contributed by atoms with E-state index in [9.17, 15) is 4.39 Å². The Kier molecular flexibility index (Phi) is 5.28. The molecule has 1 fully saturated rings. The van der Waals surface area contributed by atoms with Gasteiger partial charge >= 0.3 is 0 Å². The van der Waals surface area contributed by atoms with Crippen LogP contribution in [-0.4, -0.2) is 18.5 Å². The highest BCUT2D eigenvalue weighted by Gasteiger charge is 2.33. The molecule has 1 aliphatic carbocycles. The Morgan fingerprint density at radius 1 is 1.50 bits per heavy atom. The molecule has 0 saturated heterocycles. The number of ether oxygens (including phenoxy) is 1. The fourth-order valence-corrected chi connectivity index (χ4v) is 3.44. The van der Waals surface area contributed by atoms with Crippen LogP contribution in [0, 0.1) is 11.7 Å². The van der Waals surface area contributed by atoms with Gasteiger partial charge < -0.3 is 10.1 Å². The summed E-state index contributed by atoms with van der Waals surface area (Å²) >= 11 is 6.19. The van der Waals surface area contributed by atoms with Gasteiger partial charge in [0.2, 0.25) is 0 Å². The van der Waals surface area contributed by atoms with Crippen molar-refractivity contribution in [2.75, 3.05) is 13.0 Å².